The highest BCUT2D eigenvalue weighted by atomic mass is 79.9. The summed E-state index contributed by atoms with van der Waals surface area (Å²) in [4.78, 5) is 6.43. The molecule has 10 heteroatoms. The van der Waals surface area contributed by atoms with E-state index < -0.39 is 15.7 Å². The van der Waals surface area contributed by atoms with Gasteiger partial charge in [-0.15, -0.1) is 17.0 Å². The molecule has 0 radical (unpaired) electrons. The molecule has 1 aromatic carbocycles. The molecule has 6 nitrogen and oxygen atoms in total. The molecule has 1 aliphatic rings. The van der Waals surface area contributed by atoms with Crippen LogP contribution in [0.1, 0.15) is 32.3 Å². The van der Waals surface area contributed by atoms with Gasteiger partial charge in [-0.3, -0.25) is 4.99 Å². The summed E-state index contributed by atoms with van der Waals surface area (Å²) >= 11 is 7.63. The van der Waals surface area contributed by atoms with Crippen molar-refractivity contribution in [2.24, 2.45) is 4.99 Å². The van der Waals surface area contributed by atoms with Gasteiger partial charge in [0, 0.05) is 32.7 Å². The first kappa shape index (κ1) is 24.7. The average molecular weight is 501 g/mol. The van der Waals surface area contributed by atoms with Crippen molar-refractivity contribution >= 4 is 55.5 Å². The van der Waals surface area contributed by atoms with Crippen LogP contribution in [0.15, 0.2) is 28.1 Å². The van der Waals surface area contributed by atoms with Crippen LogP contribution in [0, 0.1) is 0 Å². The van der Waals surface area contributed by atoms with Crippen LogP contribution in [0.3, 0.4) is 0 Å². The molecule has 2 rings (SSSR count). The molecule has 0 saturated carbocycles. The van der Waals surface area contributed by atoms with Crippen LogP contribution in [0.5, 0.6) is 0 Å². The Hall–Kier alpha value is -0.320. The van der Waals surface area contributed by atoms with Gasteiger partial charge in [-0.2, -0.15) is 0 Å². The van der Waals surface area contributed by atoms with Gasteiger partial charge < -0.3 is 10.0 Å². The third-order valence-electron chi connectivity index (χ3n) is 4.15. The van der Waals surface area contributed by atoms with E-state index >= 15 is 0 Å². The maximum atomic E-state index is 12.6. The minimum atomic E-state index is -3.71. The zero-order valence-corrected chi connectivity index (χ0v) is 20.1. The van der Waals surface area contributed by atoms with Crippen LogP contribution in [-0.4, -0.2) is 60.8 Å². The molecule has 0 aliphatic carbocycles. The maximum absolute atomic E-state index is 12.6. The number of aliphatic hydroxyl groups is 1. The standard InChI is InChI=1S/C17H26ClN3O3S2.BrH/c1-5-9-19-16-21(10-6-2)17(22,12-25-16)13-7-8-14(18)15(11-13)26(23,24)20(3)4;/h7-8,11,22H,5-6,9-10,12H2,1-4H3;1H. The zero-order chi connectivity index (χ0) is 19.5. The largest absolute Gasteiger partial charge is 0.366 e. The number of amidine groups is 1. The Kier molecular flexibility index (Phi) is 9.09. The quantitative estimate of drug-likeness (QED) is 0.620. The molecule has 1 saturated heterocycles. The molecule has 1 N–H and O–H groups in total. The molecular weight excluding hydrogens is 474 g/mol. The van der Waals surface area contributed by atoms with Crippen molar-refractivity contribution in [1.29, 1.82) is 0 Å². The van der Waals surface area contributed by atoms with Crippen LogP contribution in [-0.2, 0) is 15.7 Å². The van der Waals surface area contributed by atoms with E-state index in [1.165, 1.54) is 38.0 Å². The number of nitrogens with zero attached hydrogens (tertiary/aromatic N) is 3. The molecule has 1 atom stereocenters. The van der Waals surface area contributed by atoms with Crippen molar-refractivity contribution in [3.63, 3.8) is 0 Å². The van der Waals surface area contributed by atoms with E-state index in [0.29, 0.717) is 24.4 Å². The number of benzene rings is 1. The second-order valence-electron chi connectivity index (χ2n) is 6.35. The highest BCUT2D eigenvalue weighted by molar-refractivity contribution is 8.93. The fourth-order valence-corrected chi connectivity index (χ4v) is 5.34. The molecule has 0 amide bonds. The molecule has 1 heterocycles. The van der Waals surface area contributed by atoms with E-state index in [0.717, 1.165) is 22.3 Å². The number of sulfonamides is 1. The first-order valence-corrected chi connectivity index (χ1v) is 11.4. The summed E-state index contributed by atoms with van der Waals surface area (Å²) in [6.07, 6.45) is 1.76. The van der Waals surface area contributed by atoms with Crippen molar-refractivity contribution in [2.45, 2.75) is 37.3 Å². The lowest BCUT2D eigenvalue weighted by atomic mass is 10.0. The number of halogens is 2. The summed E-state index contributed by atoms with van der Waals surface area (Å²) in [5.41, 5.74) is -0.806. The SMILES string of the molecule is Br.CCCN=C1SCC(O)(c2ccc(Cl)c(S(=O)(=O)N(C)C)c2)N1CCC. The number of thioether (sulfide) groups is 1. The van der Waals surface area contributed by atoms with Crippen molar-refractivity contribution < 1.29 is 13.5 Å². The Labute approximate surface area is 181 Å². The van der Waals surface area contributed by atoms with E-state index in [4.69, 9.17) is 11.6 Å². The van der Waals surface area contributed by atoms with Gasteiger partial charge in [0.2, 0.25) is 10.0 Å². The van der Waals surface area contributed by atoms with Crippen LogP contribution >= 0.6 is 40.3 Å². The third kappa shape index (κ3) is 5.00. The second kappa shape index (κ2) is 9.93. The van der Waals surface area contributed by atoms with E-state index in [1.54, 1.807) is 6.07 Å². The molecular formula is C17H27BrClN3O3S2. The van der Waals surface area contributed by atoms with Crippen molar-refractivity contribution in [2.75, 3.05) is 32.9 Å². The molecule has 1 aliphatic heterocycles. The summed E-state index contributed by atoms with van der Waals surface area (Å²) in [5.74, 6) is 0.388. The van der Waals surface area contributed by atoms with E-state index in [2.05, 4.69) is 11.9 Å². The maximum Gasteiger partial charge on any atom is 0.244 e. The number of aliphatic imine (C=N–C) groups is 1. The minimum absolute atomic E-state index is 0. The third-order valence-corrected chi connectivity index (χ3v) is 7.60. The number of hydrogen-bond acceptors (Lipinski definition) is 5. The average Bonchev–Trinajstić information content (AvgIpc) is 2.91. The van der Waals surface area contributed by atoms with Crippen molar-refractivity contribution in [3.05, 3.63) is 28.8 Å². The smallest absolute Gasteiger partial charge is 0.244 e. The Bertz CT molecular complexity index is 790. The number of rotatable bonds is 7. The van der Waals surface area contributed by atoms with Crippen molar-refractivity contribution in [1.82, 2.24) is 9.21 Å². The van der Waals surface area contributed by atoms with E-state index in [1.807, 2.05) is 11.8 Å². The van der Waals surface area contributed by atoms with Gasteiger partial charge in [-0.05, 0) is 25.0 Å². The number of hydrogen-bond donors (Lipinski definition) is 1. The summed E-state index contributed by atoms with van der Waals surface area (Å²) in [6.45, 7) is 5.41. The molecule has 154 valence electrons. The summed E-state index contributed by atoms with van der Waals surface area (Å²) in [6, 6.07) is 4.69. The first-order valence-electron chi connectivity index (χ1n) is 8.58. The van der Waals surface area contributed by atoms with Gasteiger partial charge in [0.15, 0.2) is 10.9 Å². The lowest BCUT2D eigenvalue weighted by Crippen LogP contribution is -2.45. The summed E-state index contributed by atoms with van der Waals surface area (Å²) in [7, 11) is -0.798. The van der Waals surface area contributed by atoms with Crippen LogP contribution in [0.25, 0.3) is 0 Å². The molecule has 1 fully saturated rings. The Morgan fingerprint density at radius 3 is 2.56 bits per heavy atom. The lowest BCUT2D eigenvalue weighted by molar-refractivity contribution is -0.0479. The van der Waals surface area contributed by atoms with Crippen LogP contribution in [0.4, 0.5) is 0 Å². The van der Waals surface area contributed by atoms with Gasteiger partial charge in [-0.1, -0.05) is 43.3 Å². The molecule has 1 aromatic rings. The van der Waals surface area contributed by atoms with Gasteiger partial charge in [0.1, 0.15) is 4.90 Å². The highest BCUT2D eigenvalue weighted by Gasteiger charge is 2.44. The Morgan fingerprint density at radius 1 is 1.33 bits per heavy atom. The summed E-state index contributed by atoms with van der Waals surface area (Å²) in [5, 5.41) is 12.3. The highest BCUT2D eigenvalue weighted by Crippen LogP contribution is 2.40. The fourth-order valence-electron chi connectivity index (χ4n) is 2.71. The Balaban J connectivity index is 0.00000364. The lowest BCUT2D eigenvalue weighted by Gasteiger charge is -2.34. The molecule has 0 spiro atoms. The van der Waals surface area contributed by atoms with Crippen LogP contribution < -0.4 is 0 Å². The molecule has 0 aromatic heterocycles. The van der Waals surface area contributed by atoms with E-state index in [-0.39, 0.29) is 26.9 Å². The van der Waals surface area contributed by atoms with Gasteiger partial charge >= 0.3 is 0 Å². The minimum Gasteiger partial charge on any atom is -0.366 e. The molecule has 27 heavy (non-hydrogen) atoms. The van der Waals surface area contributed by atoms with Crippen molar-refractivity contribution in [3.8, 4) is 0 Å². The topological polar surface area (TPSA) is 73.2 Å². The molecule has 0 bridgehead atoms. The van der Waals surface area contributed by atoms with E-state index in [9.17, 15) is 13.5 Å². The monoisotopic (exact) mass is 499 g/mol. The van der Waals surface area contributed by atoms with Gasteiger partial charge in [0.05, 0.1) is 10.8 Å². The predicted molar refractivity (Wildman–Crippen MR) is 119 cm³/mol. The second-order valence-corrected chi connectivity index (χ2v) is 9.82. The Morgan fingerprint density at radius 2 is 2.00 bits per heavy atom. The van der Waals surface area contributed by atoms with Gasteiger partial charge in [-0.25, -0.2) is 12.7 Å². The van der Waals surface area contributed by atoms with Crippen LogP contribution in [0.2, 0.25) is 5.02 Å². The first-order chi connectivity index (χ1) is 12.2. The molecule has 1 unspecified atom stereocenters. The zero-order valence-electron chi connectivity index (χ0n) is 16.0. The predicted octanol–water partition coefficient (Wildman–Crippen LogP) is 3.54. The van der Waals surface area contributed by atoms with Gasteiger partial charge in [0.25, 0.3) is 0 Å². The fraction of sp³-hybridized carbons (Fsp3) is 0.588. The summed E-state index contributed by atoms with van der Waals surface area (Å²) < 4.78 is 26.2. The normalized spacial score (nSPS) is 21.7.